The van der Waals surface area contributed by atoms with Crippen LogP contribution < -0.4 is 0 Å². The van der Waals surface area contributed by atoms with Crippen LogP contribution in [0, 0.1) is 0 Å². The summed E-state index contributed by atoms with van der Waals surface area (Å²) in [7, 11) is 0. The van der Waals surface area contributed by atoms with Crippen molar-refractivity contribution in [3.8, 4) is 0 Å². The van der Waals surface area contributed by atoms with Crippen LogP contribution in [0.4, 0.5) is 0 Å². The fourth-order valence-corrected chi connectivity index (χ4v) is 0.710. The van der Waals surface area contributed by atoms with Crippen LogP contribution in [0.2, 0.25) is 0 Å². The van der Waals surface area contributed by atoms with E-state index in [1.165, 1.54) is 0 Å². The van der Waals surface area contributed by atoms with Crippen LogP contribution >= 0.6 is 0 Å². The quantitative estimate of drug-likeness (QED) is 0.552. The lowest BCUT2D eigenvalue weighted by molar-refractivity contribution is -0.107. The van der Waals surface area contributed by atoms with Crippen molar-refractivity contribution in [1.82, 2.24) is 0 Å². The molecule has 1 rings (SSSR count). The lowest BCUT2D eigenvalue weighted by Gasteiger charge is -1.89. The summed E-state index contributed by atoms with van der Waals surface area (Å²) in [5, 5.41) is 0. The maximum Gasteiger partial charge on any atom is 0.124 e. The molecule has 0 aliphatic heterocycles. The molecular formula is C8H10O2. The standard InChI is InChI=1S/C8H8O.H2O/c9-7-6-8-4-2-1-3-5-8;/h1-5,7H,6H2;1H2. The summed E-state index contributed by atoms with van der Waals surface area (Å²) in [6.45, 7) is 0. The van der Waals surface area contributed by atoms with Gasteiger partial charge in [0, 0.05) is 6.42 Å². The fraction of sp³-hybridized carbons (Fsp3) is 0.125. The Labute approximate surface area is 59.8 Å². The fourth-order valence-electron chi connectivity index (χ4n) is 0.710. The average Bonchev–Trinajstić information content (AvgIpc) is 1.91. The first-order chi connectivity index (χ1) is 4.43. The lowest BCUT2D eigenvalue weighted by Crippen LogP contribution is -1.82. The Bertz CT molecular complexity index is 182. The van der Waals surface area contributed by atoms with Crippen LogP contribution in [0.3, 0.4) is 0 Å². The third-order valence-corrected chi connectivity index (χ3v) is 1.16. The second kappa shape index (κ2) is 4.70. The molecule has 54 valence electrons. The van der Waals surface area contributed by atoms with E-state index in [2.05, 4.69) is 0 Å². The van der Waals surface area contributed by atoms with Crippen molar-refractivity contribution in [3.63, 3.8) is 0 Å². The zero-order valence-electron chi connectivity index (χ0n) is 5.58. The van der Waals surface area contributed by atoms with Gasteiger partial charge in [-0.15, -0.1) is 0 Å². The summed E-state index contributed by atoms with van der Waals surface area (Å²) in [5.41, 5.74) is 1.08. The number of carbonyl (C=O) groups is 1. The highest BCUT2D eigenvalue weighted by molar-refractivity contribution is 5.54. The molecule has 10 heavy (non-hydrogen) atoms. The van der Waals surface area contributed by atoms with Gasteiger partial charge in [-0.25, -0.2) is 0 Å². The van der Waals surface area contributed by atoms with E-state index in [-0.39, 0.29) is 5.48 Å². The summed E-state index contributed by atoms with van der Waals surface area (Å²) < 4.78 is 0. The minimum Gasteiger partial charge on any atom is -0.412 e. The van der Waals surface area contributed by atoms with Crippen molar-refractivity contribution in [2.45, 2.75) is 6.42 Å². The summed E-state index contributed by atoms with van der Waals surface area (Å²) in [6, 6.07) is 9.68. The van der Waals surface area contributed by atoms with Crippen molar-refractivity contribution in [2.75, 3.05) is 0 Å². The van der Waals surface area contributed by atoms with Gasteiger partial charge in [-0.1, -0.05) is 30.3 Å². The molecule has 0 aliphatic rings. The van der Waals surface area contributed by atoms with Crippen molar-refractivity contribution in [3.05, 3.63) is 35.9 Å². The van der Waals surface area contributed by atoms with Gasteiger partial charge in [-0.3, -0.25) is 0 Å². The monoisotopic (exact) mass is 138 g/mol. The van der Waals surface area contributed by atoms with E-state index in [0.29, 0.717) is 6.42 Å². The van der Waals surface area contributed by atoms with Gasteiger partial charge < -0.3 is 10.3 Å². The molecule has 0 heterocycles. The highest BCUT2D eigenvalue weighted by Gasteiger charge is 1.84. The zero-order valence-corrected chi connectivity index (χ0v) is 5.58. The van der Waals surface area contributed by atoms with Crippen LogP contribution in [0.25, 0.3) is 0 Å². The average molecular weight is 138 g/mol. The molecule has 0 aliphatic carbocycles. The molecule has 0 radical (unpaired) electrons. The Morgan fingerprint density at radius 2 is 1.80 bits per heavy atom. The third-order valence-electron chi connectivity index (χ3n) is 1.16. The molecular weight excluding hydrogens is 128 g/mol. The van der Waals surface area contributed by atoms with Gasteiger partial charge in [0.1, 0.15) is 6.29 Å². The van der Waals surface area contributed by atoms with Gasteiger partial charge in [0.25, 0.3) is 0 Å². The Morgan fingerprint density at radius 3 is 2.30 bits per heavy atom. The van der Waals surface area contributed by atoms with Crippen LogP contribution in [-0.4, -0.2) is 11.8 Å². The zero-order chi connectivity index (χ0) is 6.53. The Balaban J connectivity index is 0.000000810. The van der Waals surface area contributed by atoms with Crippen LogP contribution in [0.15, 0.2) is 30.3 Å². The smallest absolute Gasteiger partial charge is 0.124 e. The molecule has 0 atom stereocenters. The van der Waals surface area contributed by atoms with Crippen molar-refractivity contribution >= 4 is 6.29 Å². The van der Waals surface area contributed by atoms with Gasteiger partial charge in [-0.2, -0.15) is 0 Å². The summed E-state index contributed by atoms with van der Waals surface area (Å²) in [6.07, 6.45) is 1.44. The second-order valence-electron chi connectivity index (χ2n) is 1.86. The number of hydrogen-bond donors (Lipinski definition) is 0. The Kier molecular flexibility index (Phi) is 4.16. The van der Waals surface area contributed by atoms with E-state index >= 15 is 0 Å². The van der Waals surface area contributed by atoms with E-state index in [4.69, 9.17) is 0 Å². The third kappa shape index (κ3) is 2.42. The molecule has 2 heteroatoms. The van der Waals surface area contributed by atoms with Crippen LogP contribution in [0.5, 0.6) is 0 Å². The number of aldehydes is 1. The SMILES string of the molecule is O.O=CCc1ccccc1. The van der Waals surface area contributed by atoms with Crippen molar-refractivity contribution in [1.29, 1.82) is 0 Å². The van der Waals surface area contributed by atoms with E-state index < -0.39 is 0 Å². The molecule has 0 saturated heterocycles. The molecule has 0 amide bonds. The van der Waals surface area contributed by atoms with E-state index in [1.54, 1.807) is 0 Å². The van der Waals surface area contributed by atoms with Gasteiger partial charge >= 0.3 is 0 Å². The Morgan fingerprint density at radius 1 is 1.20 bits per heavy atom. The van der Waals surface area contributed by atoms with Crippen molar-refractivity contribution in [2.24, 2.45) is 0 Å². The highest BCUT2D eigenvalue weighted by atomic mass is 16.1. The first kappa shape index (κ1) is 8.85. The number of hydrogen-bond acceptors (Lipinski definition) is 1. The van der Waals surface area contributed by atoms with Crippen LogP contribution in [-0.2, 0) is 11.2 Å². The van der Waals surface area contributed by atoms with Gasteiger partial charge in [-0.05, 0) is 5.56 Å². The number of rotatable bonds is 2. The summed E-state index contributed by atoms with van der Waals surface area (Å²) in [5.74, 6) is 0. The molecule has 0 fully saturated rings. The molecule has 0 bridgehead atoms. The molecule has 0 aromatic heterocycles. The Hall–Kier alpha value is -1.15. The second-order valence-corrected chi connectivity index (χ2v) is 1.86. The van der Waals surface area contributed by atoms with Gasteiger partial charge in [0.05, 0.1) is 0 Å². The first-order valence-electron chi connectivity index (χ1n) is 2.91. The van der Waals surface area contributed by atoms with E-state index in [1.807, 2.05) is 30.3 Å². The minimum absolute atomic E-state index is 0. The molecule has 1 aromatic carbocycles. The summed E-state index contributed by atoms with van der Waals surface area (Å²) >= 11 is 0. The largest absolute Gasteiger partial charge is 0.412 e. The molecule has 0 unspecified atom stereocenters. The predicted molar refractivity (Wildman–Crippen MR) is 39.8 cm³/mol. The lowest BCUT2D eigenvalue weighted by atomic mass is 10.2. The van der Waals surface area contributed by atoms with Gasteiger partial charge in [0.2, 0.25) is 0 Å². The van der Waals surface area contributed by atoms with Crippen molar-refractivity contribution < 1.29 is 10.3 Å². The molecule has 0 saturated carbocycles. The summed E-state index contributed by atoms with van der Waals surface area (Å²) in [4.78, 5) is 9.97. The topological polar surface area (TPSA) is 48.6 Å². The predicted octanol–water partition coefficient (Wildman–Crippen LogP) is 0.603. The highest BCUT2D eigenvalue weighted by Crippen LogP contribution is 1.96. The normalized spacial score (nSPS) is 8.00. The number of carbonyl (C=O) groups excluding carboxylic acids is 1. The first-order valence-corrected chi connectivity index (χ1v) is 2.91. The van der Waals surface area contributed by atoms with E-state index in [9.17, 15) is 4.79 Å². The van der Waals surface area contributed by atoms with Gasteiger partial charge in [0.15, 0.2) is 0 Å². The molecule has 0 spiro atoms. The number of benzene rings is 1. The van der Waals surface area contributed by atoms with E-state index in [0.717, 1.165) is 11.8 Å². The maximum atomic E-state index is 9.97. The minimum atomic E-state index is 0. The molecule has 2 N–H and O–H groups in total. The maximum absolute atomic E-state index is 9.97. The molecule has 2 nitrogen and oxygen atoms in total. The van der Waals surface area contributed by atoms with Crippen LogP contribution in [0.1, 0.15) is 5.56 Å². The molecule has 1 aromatic rings.